The molecule has 0 bridgehead atoms. The van der Waals surface area contributed by atoms with Gasteiger partial charge in [0.2, 0.25) is 0 Å². The van der Waals surface area contributed by atoms with Gasteiger partial charge in [-0.05, 0) is 42.4 Å². The molecule has 1 aromatic carbocycles. The van der Waals surface area contributed by atoms with Crippen molar-refractivity contribution in [3.05, 3.63) is 29.8 Å². The van der Waals surface area contributed by atoms with E-state index in [-0.39, 0.29) is 6.03 Å². The lowest BCUT2D eigenvalue weighted by atomic mass is 10.1. The molecule has 6 heteroatoms. The zero-order valence-corrected chi connectivity index (χ0v) is 15.9. The summed E-state index contributed by atoms with van der Waals surface area (Å²) in [6, 6.07) is 8.77. The number of carbonyl (C=O) groups excluding carboxylic acids is 1. The molecule has 0 unspecified atom stereocenters. The van der Waals surface area contributed by atoms with Gasteiger partial charge < -0.3 is 15.0 Å². The van der Waals surface area contributed by atoms with E-state index in [0.717, 1.165) is 50.0 Å². The molecule has 138 valence electrons. The van der Waals surface area contributed by atoms with Crippen LogP contribution in [0.4, 0.5) is 4.79 Å². The maximum atomic E-state index is 12.4. The minimum absolute atomic E-state index is 0.0637. The van der Waals surface area contributed by atoms with Gasteiger partial charge >= 0.3 is 6.03 Å². The number of amides is 2. The number of hydrogen-bond acceptors (Lipinski definition) is 4. The number of nitrogens with zero attached hydrogens (tertiary/aromatic N) is 2. The maximum absolute atomic E-state index is 12.4. The number of para-hydroxylation sites is 1. The molecule has 2 fully saturated rings. The second-order valence-corrected chi connectivity index (χ2v) is 7.89. The highest BCUT2D eigenvalue weighted by atomic mass is 32.2. The number of nitrogens with one attached hydrogen (secondary N) is 1. The fraction of sp³-hybridized carbons (Fsp3) is 0.632. The summed E-state index contributed by atoms with van der Waals surface area (Å²) in [5, 5.41) is 3.06. The Labute approximate surface area is 155 Å². The number of methoxy groups -OCH3 is 1. The molecule has 0 spiro atoms. The molecule has 2 aliphatic heterocycles. The van der Waals surface area contributed by atoms with Crippen LogP contribution in [0.3, 0.4) is 0 Å². The van der Waals surface area contributed by atoms with E-state index >= 15 is 0 Å². The Morgan fingerprint density at radius 2 is 1.92 bits per heavy atom. The van der Waals surface area contributed by atoms with Crippen molar-refractivity contribution in [3.8, 4) is 5.75 Å². The Bertz CT molecular complexity index is 555. The van der Waals surface area contributed by atoms with Crippen LogP contribution in [-0.2, 0) is 6.42 Å². The summed E-state index contributed by atoms with van der Waals surface area (Å²) in [7, 11) is 1.68. The van der Waals surface area contributed by atoms with Crippen molar-refractivity contribution in [2.75, 3.05) is 51.3 Å². The molecule has 2 amide bonds. The van der Waals surface area contributed by atoms with Crippen LogP contribution in [0.5, 0.6) is 5.75 Å². The van der Waals surface area contributed by atoms with Crippen LogP contribution in [0.25, 0.3) is 0 Å². The van der Waals surface area contributed by atoms with Gasteiger partial charge in [0.1, 0.15) is 5.75 Å². The average Bonchev–Trinajstić information content (AvgIpc) is 2.69. The normalized spacial score (nSPS) is 19.6. The zero-order valence-electron chi connectivity index (χ0n) is 15.1. The molecular formula is C19H29N3O2S. The van der Waals surface area contributed by atoms with Crippen molar-refractivity contribution in [1.82, 2.24) is 15.1 Å². The summed E-state index contributed by atoms with van der Waals surface area (Å²) < 4.78 is 5.36. The number of thioether (sulfide) groups is 1. The van der Waals surface area contributed by atoms with Crippen LogP contribution in [-0.4, -0.2) is 73.2 Å². The Balaban J connectivity index is 1.39. The average molecular weight is 364 g/mol. The number of carbonyl (C=O) groups is 1. The second-order valence-electron chi connectivity index (χ2n) is 6.66. The third kappa shape index (κ3) is 5.05. The van der Waals surface area contributed by atoms with Crippen LogP contribution in [0.15, 0.2) is 24.3 Å². The molecule has 2 aliphatic rings. The van der Waals surface area contributed by atoms with Crippen molar-refractivity contribution >= 4 is 17.8 Å². The van der Waals surface area contributed by atoms with Gasteiger partial charge in [-0.3, -0.25) is 4.90 Å². The summed E-state index contributed by atoms with van der Waals surface area (Å²) >= 11 is 2.07. The first-order chi connectivity index (χ1) is 12.3. The van der Waals surface area contributed by atoms with Gasteiger partial charge in [0.15, 0.2) is 0 Å². The first-order valence-electron chi connectivity index (χ1n) is 9.24. The molecule has 5 nitrogen and oxygen atoms in total. The van der Waals surface area contributed by atoms with E-state index in [1.54, 1.807) is 7.11 Å². The van der Waals surface area contributed by atoms with E-state index in [2.05, 4.69) is 22.0 Å². The Hall–Kier alpha value is -1.40. The highest BCUT2D eigenvalue weighted by Gasteiger charge is 2.26. The minimum atomic E-state index is 0.0637. The lowest BCUT2D eigenvalue weighted by Gasteiger charge is -2.40. The quantitative estimate of drug-likeness (QED) is 0.873. The fourth-order valence-corrected chi connectivity index (χ4v) is 4.75. The summed E-state index contributed by atoms with van der Waals surface area (Å²) in [5.41, 5.74) is 1.13. The van der Waals surface area contributed by atoms with E-state index in [1.165, 1.54) is 24.3 Å². The topological polar surface area (TPSA) is 44.8 Å². The van der Waals surface area contributed by atoms with Crippen molar-refractivity contribution in [3.63, 3.8) is 0 Å². The van der Waals surface area contributed by atoms with Gasteiger partial charge in [0.05, 0.1) is 7.11 Å². The first-order valence-corrected chi connectivity index (χ1v) is 10.4. The summed E-state index contributed by atoms with van der Waals surface area (Å²) in [5.74, 6) is 3.46. The summed E-state index contributed by atoms with van der Waals surface area (Å²) in [6.45, 7) is 4.33. The van der Waals surface area contributed by atoms with Crippen molar-refractivity contribution in [1.29, 1.82) is 0 Å². The van der Waals surface area contributed by atoms with Gasteiger partial charge in [-0.1, -0.05) is 18.2 Å². The Morgan fingerprint density at radius 1 is 1.20 bits per heavy atom. The monoisotopic (exact) mass is 363 g/mol. The molecule has 2 saturated heterocycles. The predicted molar refractivity (Wildman–Crippen MR) is 104 cm³/mol. The summed E-state index contributed by atoms with van der Waals surface area (Å²) in [6.07, 6.45) is 3.39. The van der Waals surface area contributed by atoms with E-state index in [4.69, 9.17) is 4.74 Å². The standard InChI is InChI=1S/C19H29N3O2S/c1-24-18-5-3-2-4-16(18)6-9-20-19(23)22-12-10-21(11-13-22)17-7-14-25-15-8-17/h2-5,17H,6-15H2,1H3,(H,20,23). The zero-order chi connectivity index (χ0) is 17.5. The highest BCUT2D eigenvalue weighted by molar-refractivity contribution is 7.99. The lowest BCUT2D eigenvalue weighted by Crippen LogP contribution is -2.54. The molecule has 25 heavy (non-hydrogen) atoms. The molecule has 1 N–H and O–H groups in total. The SMILES string of the molecule is COc1ccccc1CCNC(=O)N1CCN(C2CCSCC2)CC1. The first kappa shape index (κ1) is 18.4. The Morgan fingerprint density at radius 3 is 2.64 bits per heavy atom. The molecule has 0 saturated carbocycles. The van der Waals surface area contributed by atoms with Crippen LogP contribution in [0.2, 0.25) is 0 Å². The number of benzene rings is 1. The molecule has 2 heterocycles. The summed E-state index contributed by atoms with van der Waals surface area (Å²) in [4.78, 5) is 16.9. The number of urea groups is 1. The molecular weight excluding hydrogens is 334 g/mol. The molecule has 1 aromatic rings. The molecule has 3 rings (SSSR count). The van der Waals surface area contributed by atoms with Gasteiger partial charge in [0, 0.05) is 38.8 Å². The molecule has 0 aromatic heterocycles. The van der Waals surface area contributed by atoms with Gasteiger partial charge in [-0.2, -0.15) is 11.8 Å². The van der Waals surface area contributed by atoms with Crippen LogP contribution in [0, 0.1) is 0 Å². The largest absolute Gasteiger partial charge is 0.496 e. The van der Waals surface area contributed by atoms with E-state index in [9.17, 15) is 4.79 Å². The molecule has 0 atom stereocenters. The number of hydrogen-bond donors (Lipinski definition) is 1. The molecule has 0 aliphatic carbocycles. The van der Waals surface area contributed by atoms with E-state index in [0.29, 0.717) is 6.54 Å². The second kappa shape index (κ2) is 9.34. The highest BCUT2D eigenvalue weighted by Crippen LogP contribution is 2.22. The van der Waals surface area contributed by atoms with Crippen LogP contribution < -0.4 is 10.1 Å². The fourth-order valence-electron chi connectivity index (χ4n) is 3.67. The predicted octanol–water partition coefficient (Wildman–Crippen LogP) is 2.46. The minimum Gasteiger partial charge on any atom is -0.496 e. The lowest BCUT2D eigenvalue weighted by molar-refractivity contribution is 0.104. The molecule has 0 radical (unpaired) electrons. The third-order valence-corrected chi connectivity index (χ3v) is 6.22. The third-order valence-electron chi connectivity index (χ3n) is 5.17. The van der Waals surface area contributed by atoms with Gasteiger partial charge in [-0.15, -0.1) is 0 Å². The van der Waals surface area contributed by atoms with E-state index in [1.807, 2.05) is 29.2 Å². The van der Waals surface area contributed by atoms with Crippen molar-refractivity contribution in [2.45, 2.75) is 25.3 Å². The van der Waals surface area contributed by atoms with Crippen molar-refractivity contribution < 1.29 is 9.53 Å². The van der Waals surface area contributed by atoms with Crippen molar-refractivity contribution in [2.24, 2.45) is 0 Å². The number of rotatable bonds is 5. The van der Waals surface area contributed by atoms with Gasteiger partial charge in [-0.25, -0.2) is 4.79 Å². The van der Waals surface area contributed by atoms with Crippen LogP contribution in [0.1, 0.15) is 18.4 Å². The maximum Gasteiger partial charge on any atom is 0.317 e. The number of piperazine rings is 1. The van der Waals surface area contributed by atoms with Gasteiger partial charge in [0.25, 0.3) is 0 Å². The number of ether oxygens (including phenoxy) is 1. The smallest absolute Gasteiger partial charge is 0.317 e. The van der Waals surface area contributed by atoms with E-state index < -0.39 is 0 Å². The van der Waals surface area contributed by atoms with Crippen LogP contribution >= 0.6 is 11.8 Å². The Kier molecular flexibility index (Phi) is 6.87.